The van der Waals surface area contributed by atoms with Crippen molar-refractivity contribution >= 4 is 22.4 Å². The van der Waals surface area contributed by atoms with E-state index in [9.17, 15) is 4.79 Å². The van der Waals surface area contributed by atoms with Gasteiger partial charge in [-0.05, 0) is 45.2 Å². The van der Waals surface area contributed by atoms with E-state index in [0.29, 0.717) is 11.6 Å². The fourth-order valence-corrected chi connectivity index (χ4v) is 2.96. The lowest BCUT2D eigenvalue weighted by Crippen LogP contribution is -2.15. The largest absolute Gasteiger partial charge is 0.481 e. The quantitative estimate of drug-likeness (QED) is 0.783. The lowest BCUT2D eigenvalue weighted by molar-refractivity contribution is 0.102. The van der Waals surface area contributed by atoms with Gasteiger partial charge >= 0.3 is 0 Å². The Morgan fingerprint density at radius 3 is 2.60 bits per heavy atom. The first kappa shape index (κ1) is 17.0. The summed E-state index contributed by atoms with van der Waals surface area (Å²) < 4.78 is 7.25. The number of pyridine rings is 1. The van der Waals surface area contributed by atoms with Crippen molar-refractivity contribution in [3.8, 4) is 5.88 Å². The van der Waals surface area contributed by atoms with Crippen LogP contribution < -0.4 is 10.1 Å². The molecule has 0 saturated heterocycles. The van der Waals surface area contributed by atoms with Crippen LogP contribution in [0.25, 0.3) is 10.8 Å². The van der Waals surface area contributed by atoms with E-state index in [1.165, 1.54) is 0 Å². The molecule has 0 fully saturated rings. The highest BCUT2D eigenvalue weighted by molar-refractivity contribution is 6.06. The predicted molar refractivity (Wildman–Crippen MR) is 98.3 cm³/mol. The van der Waals surface area contributed by atoms with E-state index in [1.807, 2.05) is 42.8 Å². The lowest BCUT2D eigenvalue weighted by atomic mass is 10.1. The van der Waals surface area contributed by atoms with Crippen LogP contribution in [0.4, 0.5) is 5.69 Å². The van der Waals surface area contributed by atoms with Gasteiger partial charge in [-0.15, -0.1) is 0 Å². The molecular weight excluding hydrogens is 316 g/mol. The maximum atomic E-state index is 12.7. The molecule has 0 aliphatic rings. The molecular formula is C19H22N4O2. The Kier molecular flexibility index (Phi) is 4.44. The van der Waals surface area contributed by atoms with Crippen molar-refractivity contribution in [2.24, 2.45) is 0 Å². The molecule has 0 aliphatic heterocycles. The Morgan fingerprint density at radius 2 is 1.96 bits per heavy atom. The van der Waals surface area contributed by atoms with Gasteiger partial charge in [-0.3, -0.25) is 9.48 Å². The summed E-state index contributed by atoms with van der Waals surface area (Å²) in [4.78, 5) is 17.1. The van der Waals surface area contributed by atoms with E-state index in [4.69, 9.17) is 4.74 Å². The number of aromatic nitrogens is 3. The molecule has 3 rings (SSSR count). The molecule has 0 saturated carbocycles. The van der Waals surface area contributed by atoms with E-state index in [2.05, 4.69) is 29.2 Å². The van der Waals surface area contributed by atoms with Crippen molar-refractivity contribution in [3.05, 3.63) is 47.4 Å². The molecule has 130 valence electrons. The van der Waals surface area contributed by atoms with Crippen molar-refractivity contribution in [2.75, 3.05) is 12.4 Å². The average Bonchev–Trinajstić information content (AvgIpc) is 2.89. The van der Waals surface area contributed by atoms with Crippen LogP contribution in [-0.4, -0.2) is 27.8 Å². The Hall–Kier alpha value is -2.89. The maximum absolute atomic E-state index is 12.7. The molecule has 1 N–H and O–H groups in total. The Bertz CT molecular complexity index is 944. The third-order valence-corrected chi connectivity index (χ3v) is 4.18. The van der Waals surface area contributed by atoms with Gasteiger partial charge in [0, 0.05) is 11.4 Å². The van der Waals surface area contributed by atoms with Gasteiger partial charge in [0.25, 0.3) is 5.91 Å². The van der Waals surface area contributed by atoms with Crippen molar-refractivity contribution in [1.82, 2.24) is 14.8 Å². The molecule has 0 radical (unpaired) electrons. The Morgan fingerprint density at radius 1 is 1.24 bits per heavy atom. The fourth-order valence-electron chi connectivity index (χ4n) is 2.96. The van der Waals surface area contributed by atoms with Crippen molar-refractivity contribution in [2.45, 2.75) is 33.7 Å². The normalized spacial score (nSPS) is 11.1. The number of aryl methyl sites for hydroxylation is 1. The highest BCUT2D eigenvalue weighted by Crippen LogP contribution is 2.26. The summed E-state index contributed by atoms with van der Waals surface area (Å²) >= 11 is 0. The summed E-state index contributed by atoms with van der Waals surface area (Å²) in [6.07, 6.45) is 0. The number of carbonyl (C=O) groups excluding carboxylic acids is 1. The van der Waals surface area contributed by atoms with Crippen LogP contribution in [0, 0.1) is 13.8 Å². The summed E-state index contributed by atoms with van der Waals surface area (Å²) in [6, 6.07) is 9.69. The molecule has 0 atom stereocenters. The zero-order valence-electron chi connectivity index (χ0n) is 15.1. The smallest absolute Gasteiger partial charge is 0.274 e. The monoisotopic (exact) mass is 338 g/mol. The van der Waals surface area contributed by atoms with Crippen LogP contribution in [0.2, 0.25) is 0 Å². The molecule has 1 amide bonds. The minimum atomic E-state index is -0.279. The second-order valence-electron chi connectivity index (χ2n) is 6.28. The van der Waals surface area contributed by atoms with Gasteiger partial charge in [-0.2, -0.15) is 5.10 Å². The molecule has 6 heteroatoms. The molecule has 0 unspecified atom stereocenters. The fraction of sp³-hybridized carbons (Fsp3) is 0.316. The number of fused-ring (bicyclic) bond motifs is 1. The molecule has 1 aromatic carbocycles. The Labute approximate surface area is 146 Å². The standard InChI is InChI=1S/C19H22N4O2/c1-11(2)23-13(4)17(12(3)22-23)21-18(24)16-10-14-8-6-7-9-15(14)19(20-16)25-5/h6-11H,1-5H3,(H,21,24). The number of benzene rings is 1. The molecule has 6 nitrogen and oxygen atoms in total. The number of hydrogen-bond acceptors (Lipinski definition) is 4. The van der Waals surface area contributed by atoms with E-state index in [-0.39, 0.29) is 11.9 Å². The predicted octanol–water partition coefficient (Wildman–Crippen LogP) is 3.89. The summed E-state index contributed by atoms with van der Waals surface area (Å²) in [6.45, 7) is 7.95. The number of ether oxygens (including phenoxy) is 1. The first-order valence-corrected chi connectivity index (χ1v) is 8.23. The van der Waals surface area contributed by atoms with E-state index >= 15 is 0 Å². The van der Waals surface area contributed by atoms with Crippen molar-refractivity contribution in [1.29, 1.82) is 0 Å². The highest BCUT2D eigenvalue weighted by atomic mass is 16.5. The summed E-state index contributed by atoms with van der Waals surface area (Å²) in [5.41, 5.74) is 2.75. The van der Waals surface area contributed by atoms with E-state index in [0.717, 1.165) is 27.8 Å². The van der Waals surface area contributed by atoms with E-state index < -0.39 is 0 Å². The molecule has 25 heavy (non-hydrogen) atoms. The Balaban J connectivity index is 1.98. The van der Waals surface area contributed by atoms with Crippen LogP contribution in [0.5, 0.6) is 5.88 Å². The van der Waals surface area contributed by atoms with Crippen LogP contribution >= 0.6 is 0 Å². The van der Waals surface area contributed by atoms with Crippen molar-refractivity contribution in [3.63, 3.8) is 0 Å². The number of nitrogens with one attached hydrogen (secondary N) is 1. The van der Waals surface area contributed by atoms with Gasteiger partial charge in [0.2, 0.25) is 5.88 Å². The summed E-state index contributed by atoms with van der Waals surface area (Å²) in [5, 5.41) is 9.23. The molecule has 2 aromatic heterocycles. The van der Waals surface area contributed by atoms with Crippen LogP contribution in [0.1, 0.15) is 41.8 Å². The molecule has 2 heterocycles. The molecule has 0 bridgehead atoms. The minimum Gasteiger partial charge on any atom is -0.481 e. The first-order chi connectivity index (χ1) is 11.9. The summed E-state index contributed by atoms with van der Waals surface area (Å²) in [5.74, 6) is 0.160. The molecule has 0 spiro atoms. The molecule has 0 aliphatic carbocycles. The zero-order valence-corrected chi connectivity index (χ0v) is 15.1. The minimum absolute atomic E-state index is 0.225. The van der Waals surface area contributed by atoms with Gasteiger partial charge in [0.1, 0.15) is 5.69 Å². The van der Waals surface area contributed by atoms with Gasteiger partial charge in [-0.25, -0.2) is 4.98 Å². The van der Waals surface area contributed by atoms with Crippen LogP contribution in [-0.2, 0) is 0 Å². The second-order valence-corrected chi connectivity index (χ2v) is 6.28. The average molecular weight is 338 g/mol. The number of nitrogens with zero attached hydrogens (tertiary/aromatic N) is 3. The van der Waals surface area contributed by atoms with Crippen LogP contribution in [0.3, 0.4) is 0 Å². The SMILES string of the molecule is COc1nc(C(=O)Nc2c(C)nn(C(C)C)c2C)cc2ccccc12. The number of carbonyl (C=O) groups is 1. The van der Waals surface area contributed by atoms with Gasteiger partial charge in [0.15, 0.2) is 0 Å². The lowest BCUT2D eigenvalue weighted by Gasteiger charge is -2.10. The highest BCUT2D eigenvalue weighted by Gasteiger charge is 2.18. The van der Waals surface area contributed by atoms with Crippen molar-refractivity contribution < 1.29 is 9.53 Å². The zero-order chi connectivity index (χ0) is 18.1. The number of amides is 1. The van der Waals surface area contributed by atoms with Gasteiger partial charge < -0.3 is 10.1 Å². The topological polar surface area (TPSA) is 69.0 Å². The first-order valence-electron chi connectivity index (χ1n) is 8.23. The maximum Gasteiger partial charge on any atom is 0.274 e. The number of rotatable bonds is 4. The van der Waals surface area contributed by atoms with Gasteiger partial charge in [-0.1, -0.05) is 18.2 Å². The van der Waals surface area contributed by atoms with Gasteiger partial charge in [0.05, 0.1) is 24.2 Å². The second kappa shape index (κ2) is 6.55. The third-order valence-electron chi connectivity index (χ3n) is 4.18. The number of anilines is 1. The summed E-state index contributed by atoms with van der Waals surface area (Å²) in [7, 11) is 1.55. The van der Waals surface area contributed by atoms with E-state index in [1.54, 1.807) is 13.2 Å². The van der Waals surface area contributed by atoms with Crippen LogP contribution in [0.15, 0.2) is 30.3 Å². The molecule has 3 aromatic rings. The number of hydrogen-bond donors (Lipinski definition) is 1. The number of methoxy groups -OCH3 is 1. The third kappa shape index (κ3) is 3.07.